The van der Waals surface area contributed by atoms with Crippen LogP contribution in [0.15, 0.2) is 24.3 Å². The standard InChI is InChI=1S/C40H51NO13/c1-7-40(48)16-21-13-23-34(37(47)33-22(35(23)45)9-8-10-26(33)43)36(46)32(21)28(17-40)52-30-14-24(41(5)6)38(19(3)50-30)54-31-15-27(44)39(20(4)51-31)53-29-12-11-25(42)18(2)49-29/h8-10,13,18-20,24,27-31,38-39,43-44,46,48H,7,11-12,14-17H2,1-6H3/t18-,19+,20+,24+,27+,28+,29+,30+,31-,38-,39+,40+/m1/s1. The highest BCUT2D eigenvalue weighted by atomic mass is 16.7. The maximum Gasteiger partial charge on any atom is 0.201 e. The summed E-state index contributed by atoms with van der Waals surface area (Å²) in [5.41, 5.74) is -0.723. The molecule has 0 aromatic heterocycles. The number of hydrogen-bond acceptors (Lipinski definition) is 14. The minimum absolute atomic E-state index is 0.0133. The molecule has 0 unspecified atom stereocenters. The molecule has 0 amide bonds. The summed E-state index contributed by atoms with van der Waals surface area (Å²) >= 11 is 0. The van der Waals surface area contributed by atoms with Crippen molar-refractivity contribution >= 4 is 17.3 Å². The number of aliphatic hydroxyl groups excluding tert-OH is 1. The van der Waals surface area contributed by atoms with Gasteiger partial charge in [0.1, 0.15) is 29.8 Å². The van der Waals surface area contributed by atoms with Crippen LogP contribution in [0.4, 0.5) is 0 Å². The summed E-state index contributed by atoms with van der Waals surface area (Å²) in [6.07, 6.45) is -4.99. The Bertz CT molecular complexity index is 1780. The van der Waals surface area contributed by atoms with Gasteiger partial charge in [0, 0.05) is 61.3 Å². The normalized spacial score (nSPS) is 36.8. The molecule has 54 heavy (non-hydrogen) atoms. The van der Waals surface area contributed by atoms with E-state index in [-0.39, 0.29) is 59.1 Å². The third-order valence-electron chi connectivity index (χ3n) is 11.8. The number of Topliss-reactive ketones (excluding diaryl/α,β-unsaturated/α-hetero) is 1. The molecule has 5 aliphatic rings. The fourth-order valence-electron chi connectivity index (χ4n) is 8.73. The molecule has 7 rings (SSSR count). The lowest BCUT2D eigenvalue weighted by atomic mass is 9.73. The number of carbonyl (C=O) groups is 3. The van der Waals surface area contributed by atoms with Gasteiger partial charge in [-0.15, -0.1) is 0 Å². The SMILES string of the molecule is CC[C@]1(O)Cc2cc3c(c(O)c2[C@@H](O[C@H]2C[C@H](N(C)C)[C@H](O[C@@H]4C[C@H](O)[C@@H](O[C@H]5CCC(=O)[C@@H](C)O5)[C@H](C)O4)[C@H](C)O2)C1)C(=O)c1c(O)cccc1C3=O. The lowest BCUT2D eigenvalue weighted by Crippen LogP contribution is -2.58. The maximum absolute atomic E-state index is 13.7. The van der Waals surface area contributed by atoms with Crippen molar-refractivity contribution < 1.29 is 63.2 Å². The van der Waals surface area contributed by atoms with E-state index in [1.807, 2.05) is 32.8 Å². The van der Waals surface area contributed by atoms with Crippen LogP contribution in [-0.2, 0) is 39.6 Å². The summed E-state index contributed by atoms with van der Waals surface area (Å²) in [4.78, 5) is 41.2. The van der Waals surface area contributed by atoms with Crippen molar-refractivity contribution in [1.29, 1.82) is 0 Å². The lowest BCUT2D eigenvalue weighted by Gasteiger charge is -2.47. The Morgan fingerprint density at radius 1 is 0.870 bits per heavy atom. The largest absolute Gasteiger partial charge is 0.507 e. The number of phenolic OH excluding ortho intramolecular Hbond substituents is 2. The third kappa shape index (κ3) is 7.12. The predicted octanol–water partition coefficient (Wildman–Crippen LogP) is 3.44. The summed E-state index contributed by atoms with van der Waals surface area (Å²) in [5.74, 6) is -1.91. The zero-order valence-electron chi connectivity index (χ0n) is 31.5. The van der Waals surface area contributed by atoms with Crippen molar-refractivity contribution in [3.05, 3.63) is 57.6 Å². The van der Waals surface area contributed by atoms with Crippen LogP contribution in [0.3, 0.4) is 0 Å². The number of ether oxygens (including phenoxy) is 6. The monoisotopic (exact) mass is 753 g/mol. The van der Waals surface area contributed by atoms with Crippen LogP contribution in [0.2, 0.25) is 0 Å². The fourth-order valence-corrected chi connectivity index (χ4v) is 8.73. The number of ketones is 3. The number of fused-ring (bicyclic) bond motifs is 3. The molecular weight excluding hydrogens is 702 g/mol. The van der Waals surface area contributed by atoms with Crippen molar-refractivity contribution in [3.8, 4) is 11.5 Å². The second-order valence-electron chi connectivity index (χ2n) is 15.7. The zero-order valence-corrected chi connectivity index (χ0v) is 31.5. The Morgan fingerprint density at radius 2 is 1.56 bits per heavy atom. The minimum Gasteiger partial charge on any atom is -0.507 e. The van der Waals surface area contributed by atoms with E-state index in [9.17, 15) is 34.8 Å². The van der Waals surface area contributed by atoms with Crippen LogP contribution in [0.1, 0.15) is 115 Å². The van der Waals surface area contributed by atoms with Crippen LogP contribution < -0.4 is 0 Å². The second kappa shape index (κ2) is 15.0. The van der Waals surface area contributed by atoms with Crippen LogP contribution in [0.5, 0.6) is 11.5 Å². The van der Waals surface area contributed by atoms with Crippen molar-refractivity contribution in [1.82, 2.24) is 4.90 Å². The molecule has 3 heterocycles. The number of hydrogen-bond donors (Lipinski definition) is 4. The Balaban J connectivity index is 1.08. The molecule has 2 aliphatic carbocycles. The van der Waals surface area contributed by atoms with E-state index in [0.717, 1.165) is 0 Å². The third-order valence-corrected chi connectivity index (χ3v) is 11.8. The molecule has 4 N–H and O–H groups in total. The van der Waals surface area contributed by atoms with Crippen molar-refractivity contribution in [2.45, 2.75) is 146 Å². The predicted molar refractivity (Wildman–Crippen MR) is 190 cm³/mol. The summed E-state index contributed by atoms with van der Waals surface area (Å²) in [6, 6.07) is 5.59. The first-order valence-electron chi connectivity index (χ1n) is 18.9. The quantitative estimate of drug-likeness (QED) is 0.262. The van der Waals surface area contributed by atoms with Gasteiger partial charge in [0.2, 0.25) is 5.78 Å². The summed E-state index contributed by atoms with van der Waals surface area (Å²) in [7, 11) is 3.82. The van der Waals surface area contributed by atoms with Crippen LogP contribution >= 0.6 is 0 Å². The molecule has 2 aromatic rings. The first-order valence-corrected chi connectivity index (χ1v) is 18.9. The summed E-state index contributed by atoms with van der Waals surface area (Å²) < 4.78 is 37.5. The number of aliphatic hydroxyl groups is 2. The smallest absolute Gasteiger partial charge is 0.201 e. The lowest BCUT2D eigenvalue weighted by molar-refractivity contribution is -0.324. The van der Waals surface area contributed by atoms with Gasteiger partial charge in [-0.05, 0) is 59.0 Å². The molecule has 0 radical (unpaired) electrons. The average Bonchev–Trinajstić information content (AvgIpc) is 3.10. The van der Waals surface area contributed by atoms with Crippen molar-refractivity contribution in [3.63, 3.8) is 0 Å². The van der Waals surface area contributed by atoms with Crippen LogP contribution in [0.25, 0.3) is 0 Å². The van der Waals surface area contributed by atoms with E-state index in [2.05, 4.69) is 0 Å². The van der Waals surface area contributed by atoms with E-state index in [4.69, 9.17) is 28.4 Å². The molecule has 14 heteroatoms. The van der Waals surface area contributed by atoms with Gasteiger partial charge in [-0.25, -0.2) is 0 Å². The van der Waals surface area contributed by atoms with E-state index < -0.39 is 84.5 Å². The zero-order chi connectivity index (χ0) is 38.8. The molecule has 294 valence electrons. The number of carbonyl (C=O) groups excluding carboxylic acids is 3. The Morgan fingerprint density at radius 3 is 2.22 bits per heavy atom. The number of rotatable bonds is 8. The number of aromatic hydroxyl groups is 2. The van der Waals surface area contributed by atoms with Crippen LogP contribution in [-0.4, -0.2) is 124 Å². The van der Waals surface area contributed by atoms with Gasteiger partial charge in [-0.1, -0.05) is 19.1 Å². The van der Waals surface area contributed by atoms with Gasteiger partial charge in [0.15, 0.2) is 30.4 Å². The average molecular weight is 754 g/mol. The number of likely N-dealkylation sites (N-methyl/N-ethyl adjacent to an activating group) is 1. The molecule has 12 atom stereocenters. The van der Waals surface area contributed by atoms with E-state index >= 15 is 0 Å². The molecule has 3 fully saturated rings. The summed E-state index contributed by atoms with van der Waals surface area (Å²) in [6.45, 7) is 7.19. The van der Waals surface area contributed by atoms with Gasteiger partial charge in [-0.3, -0.25) is 14.4 Å². The van der Waals surface area contributed by atoms with Gasteiger partial charge < -0.3 is 53.7 Å². The van der Waals surface area contributed by atoms with Crippen molar-refractivity contribution in [2.24, 2.45) is 0 Å². The molecule has 2 aromatic carbocycles. The Kier molecular flexibility index (Phi) is 10.8. The Labute approximate surface area is 314 Å². The highest BCUT2D eigenvalue weighted by molar-refractivity contribution is 6.30. The van der Waals surface area contributed by atoms with Gasteiger partial charge in [-0.2, -0.15) is 0 Å². The van der Waals surface area contributed by atoms with E-state index in [0.29, 0.717) is 36.8 Å². The second-order valence-corrected chi connectivity index (χ2v) is 15.7. The number of phenols is 2. The molecule has 14 nitrogen and oxygen atoms in total. The van der Waals surface area contributed by atoms with E-state index in [1.165, 1.54) is 18.2 Å². The molecule has 0 spiro atoms. The highest BCUT2D eigenvalue weighted by Crippen LogP contribution is 2.49. The molecule has 0 saturated carbocycles. The van der Waals surface area contributed by atoms with Gasteiger partial charge in [0.05, 0.1) is 41.1 Å². The van der Waals surface area contributed by atoms with Gasteiger partial charge >= 0.3 is 0 Å². The number of benzene rings is 2. The van der Waals surface area contributed by atoms with Gasteiger partial charge in [0.25, 0.3) is 0 Å². The highest BCUT2D eigenvalue weighted by Gasteiger charge is 2.48. The summed E-state index contributed by atoms with van der Waals surface area (Å²) in [5, 5.41) is 45.1. The van der Waals surface area contributed by atoms with E-state index in [1.54, 1.807) is 19.9 Å². The van der Waals surface area contributed by atoms with Crippen LogP contribution in [0, 0.1) is 0 Å². The molecule has 3 aliphatic heterocycles. The first-order chi connectivity index (χ1) is 25.6. The fraction of sp³-hybridized carbons (Fsp3) is 0.625. The topological polar surface area (TPSA) is 191 Å². The maximum atomic E-state index is 13.7. The first kappa shape index (κ1) is 38.9. The number of nitrogens with zero attached hydrogens (tertiary/aromatic N) is 1. The minimum atomic E-state index is -1.22. The van der Waals surface area contributed by atoms with Crippen molar-refractivity contribution in [2.75, 3.05) is 14.1 Å². The Hall–Kier alpha value is -3.31. The molecular formula is C40H51NO13. The molecule has 0 bridgehead atoms. The molecule has 3 saturated heterocycles.